The molecule has 112 valence electrons. The second kappa shape index (κ2) is 6.85. The molecule has 0 aliphatic heterocycles. The average molecular weight is 303 g/mol. The molecule has 0 bridgehead atoms. The van der Waals surface area contributed by atoms with Crippen molar-refractivity contribution in [1.29, 1.82) is 0 Å². The molecule has 1 fully saturated rings. The zero-order chi connectivity index (χ0) is 14.6. The summed E-state index contributed by atoms with van der Waals surface area (Å²) in [5.74, 6) is 0.822. The average Bonchev–Trinajstić information content (AvgIpc) is 2.92. The molecule has 1 aromatic carbocycles. The molecular formula is C15H20F3NS. The van der Waals surface area contributed by atoms with Crippen molar-refractivity contribution in [3.05, 3.63) is 35.4 Å². The van der Waals surface area contributed by atoms with E-state index >= 15 is 0 Å². The lowest BCUT2D eigenvalue weighted by molar-refractivity contribution is -0.137. The molecule has 1 atom stereocenters. The van der Waals surface area contributed by atoms with Crippen LogP contribution in [0.5, 0.6) is 0 Å². The minimum absolute atomic E-state index is 0.0251. The maximum atomic E-state index is 12.7. The standard InChI is InChI=1S/C15H20F3NS/c1-19-14(10-20-13-7-2-3-8-13)11-5-4-6-12(9-11)15(16,17)18/h4-6,9,13-14,19H,2-3,7-8,10H2,1H3. The van der Waals surface area contributed by atoms with Gasteiger partial charge in [0.1, 0.15) is 0 Å². The largest absolute Gasteiger partial charge is 0.416 e. The van der Waals surface area contributed by atoms with Gasteiger partial charge in [0.15, 0.2) is 0 Å². The Hall–Kier alpha value is -0.680. The minimum atomic E-state index is -4.27. The van der Waals surface area contributed by atoms with E-state index in [1.165, 1.54) is 37.8 Å². The van der Waals surface area contributed by atoms with Crippen LogP contribution in [-0.2, 0) is 6.18 Å². The molecule has 0 aromatic heterocycles. The van der Waals surface area contributed by atoms with Crippen LogP contribution in [-0.4, -0.2) is 18.1 Å². The highest BCUT2D eigenvalue weighted by Gasteiger charge is 2.31. The fourth-order valence-corrected chi connectivity index (χ4v) is 4.06. The second-order valence-corrected chi connectivity index (χ2v) is 6.54. The topological polar surface area (TPSA) is 12.0 Å². The first kappa shape index (κ1) is 15.7. The van der Waals surface area contributed by atoms with Crippen molar-refractivity contribution in [2.24, 2.45) is 0 Å². The van der Waals surface area contributed by atoms with Crippen molar-refractivity contribution in [3.8, 4) is 0 Å². The van der Waals surface area contributed by atoms with Crippen molar-refractivity contribution < 1.29 is 13.2 Å². The lowest BCUT2D eigenvalue weighted by Crippen LogP contribution is -2.20. The Morgan fingerprint density at radius 1 is 1.30 bits per heavy atom. The normalized spacial score (nSPS) is 18.4. The Morgan fingerprint density at radius 3 is 2.60 bits per heavy atom. The first-order valence-electron chi connectivity index (χ1n) is 6.96. The van der Waals surface area contributed by atoms with Crippen LogP contribution < -0.4 is 5.32 Å². The molecule has 5 heteroatoms. The molecule has 0 heterocycles. The van der Waals surface area contributed by atoms with E-state index in [2.05, 4.69) is 5.32 Å². The van der Waals surface area contributed by atoms with Crippen molar-refractivity contribution in [3.63, 3.8) is 0 Å². The second-order valence-electron chi connectivity index (χ2n) is 5.20. The molecule has 1 unspecified atom stereocenters. The number of thioether (sulfide) groups is 1. The Kier molecular flexibility index (Phi) is 5.38. The third-order valence-electron chi connectivity index (χ3n) is 3.77. The zero-order valence-electron chi connectivity index (χ0n) is 11.5. The molecule has 20 heavy (non-hydrogen) atoms. The van der Waals surface area contributed by atoms with E-state index in [0.29, 0.717) is 10.8 Å². The maximum Gasteiger partial charge on any atom is 0.416 e. The quantitative estimate of drug-likeness (QED) is 0.850. The fourth-order valence-electron chi connectivity index (χ4n) is 2.57. The number of benzene rings is 1. The van der Waals surface area contributed by atoms with Gasteiger partial charge in [-0.05, 0) is 37.6 Å². The van der Waals surface area contributed by atoms with Gasteiger partial charge < -0.3 is 5.32 Å². The zero-order valence-corrected chi connectivity index (χ0v) is 12.4. The predicted octanol–water partition coefficient (Wildman–Crippen LogP) is 4.64. The molecule has 1 aliphatic carbocycles. The molecule has 2 rings (SSSR count). The van der Waals surface area contributed by atoms with Crippen LogP contribution in [0, 0.1) is 0 Å². The summed E-state index contributed by atoms with van der Waals surface area (Å²) in [5, 5.41) is 3.81. The van der Waals surface area contributed by atoms with Crippen LogP contribution in [0.2, 0.25) is 0 Å². The summed E-state index contributed by atoms with van der Waals surface area (Å²) in [6.07, 6.45) is 0.775. The van der Waals surface area contributed by atoms with Gasteiger partial charge in [0, 0.05) is 17.0 Å². The van der Waals surface area contributed by atoms with Gasteiger partial charge in [-0.25, -0.2) is 0 Å². The van der Waals surface area contributed by atoms with E-state index in [-0.39, 0.29) is 6.04 Å². The van der Waals surface area contributed by atoms with Crippen LogP contribution in [0.15, 0.2) is 24.3 Å². The molecule has 0 saturated heterocycles. The molecule has 1 nitrogen and oxygen atoms in total. The van der Waals surface area contributed by atoms with Crippen LogP contribution in [0.3, 0.4) is 0 Å². The van der Waals surface area contributed by atoms with Gasteiger partial charge in [0.2, 0.25) is 0 Å². The Balaban J connectivity index is 2.02. The van der Waals surface area contributed by atoms with E-state index in [0.717, 1.165) is 11.8 Å². The van der Waals surface area contributed by atoms with Gasteiger partial charge in [-0.3, -0.25) is 0 Å². The third kappa shape index (κ3) is 4.16. The molecule has 1 aliphatic rings. The lowest BCUT2D eigenvalue weighted by atomic mass is 10.1. The Bertz CT molecular complexity index is 427. The first-order valence-corrected chi connectivity index (χ1v) is 8.01. The van der Waals surface area contributed by atoms with Crippen molar-refractivity contribution in [2.75, 3.05) is 12.8 Å². The molecule has 1 aromatic rings. The van der Waals surface area contributed by atoms with Crippen LogP contribution in [0.25, 0.3) is 0 Å². The summed E-state index contributed by atoms with van der Waals surface area (Å²) in [4.78, 5) is 0. The summed E-state index contributed by atoms with van der Waals surface area (Å²) >= 11 is 1.88. The summed E-state index contributed by atoms with van der Waals surface area (Å²) in [6, 6.07) is 5.62. The van der Waals surface area contributed by atoms with Crippen LogP contribution in [0.1, 0.15) is 42.9 Å². The van der Waals surface area contributed by atoms with Crippen molar-refractivity contribution >= 4 is 11.8 Å². The van der Waals surface area contributed by atoms with E-state index in [1.807, 2.05) is 11.8 Å². The van der Waals surface area contributed by atoms with Gasteiger partial charge >= 0.3 is 6.18 Å². The van der Waals surface area contributed by atoms with Crippen LogP contribution >= 0.6 is 11.8 Å². The maximum absolute atomic E-state index is 12.7. The number of rotatable bonds is 5. The SMILES string of the molecule is CNC(CSC1CCCC1)c1cccc(C(F)(F)F)c1. The van der Waals surface area contributed by atoms with E-state index in [9.17, 15) is 13.2 Å². The van der Waals surface area contributed by atoms with E-state index in [1.54, 1.807) is 13.1 Å². The van der Waals surface area contributed by atoms with Crippen LogP contribution in [0.4, 0.5) is 13.2 Å². The molecule has 0 amide bonds. The Morgan fingerprint density at radius 2 is 2.00 bits per heavy atom. The van der Waals surface area contributed by atoms with Gasteiger partial charge in [0.25, 0.3) is 0 Å². The highest BCUT2D eigenvalue weighted by Crippen LogP contribution is 2.34. The molecule has 0 spiro atoms. The fraction of sp³-hybridized carbons (Fsp3) is 0.600. The summed E-state index contributed by atoms with van der Waals surface area (Å²) < 4.78 is 38.2. The van der Waals surface area contributed by atoms with E-state index in [4.69, 9.17) is 0 Å². The summed E-state index contributed by atoms with van der Waals surface area (Å²) in [6.45, 7) is 0. The van der Waals surface area contributed by atoms with Crippen molar-refractivity contribution in [1.82, 2.24) is 5.32 Å². The van der Waals surface area contributed by atoms with Gasteiger partial charge in [0.05, 0.1) is 5.56 Å². The summed E-state index contributed by atoms with van der Waals surface area (Å²) in [5.41, 5.74) is 0.147. The summed E-state index contributed by atoms with van der Waals surface area (Å²) in [7, 11) is 1.81. The smallest absolute Gasteiger partial charge is 0.312 e. The minimum Gasteiger partial charge on any atom is -0.312 e. The van der Waals surface area contributed by atoms with Gasteiger partial charge in [-0.1, -0.05) is 25.0 Å². The van der Waals surface area contributed by atoms with Gasteiger partial charge in [-0.15, -0.1) is 0 Å². The number of nitrogens with one attached hydrogen (secondary N) is 1. The number of hydrogen-bond donors (Lipinski definition) is 1. The van der Waals surface area contributed by atoms with E-state index < -0.39 is 11.7 Å². The number of hydrogen-bond acceptors (Lipinski definition) is 2. The number of alkyl halides is 3. The highest BCUT2D eigenvalue weighted by molar-refractivity contribution is 7.99. The first-order chi connectivity index (χ1) is 9.50. The van der Waals surface area contributed by atoms with Gasteiger partial charge in [-0.2, -0.15) is 24.9 Å². The lowest BCUT2D eigenvalue weighted by Gasteiger charge is -2.19. The number of halogens is 3. The monoisotopic (exact) mass is 303 g/mol. The predicted molar refractivity (Wildman–Crippen MR) is 78.0 cm³/mol. The molecule has 1 saturated carbocycles. The van der Waals surface area contributed by atoms with Crippen molar-refractivity contribution in [2.45, 2.75) is 43.2 Å². The molecular weight excluding hydrogens is 283 g/mol. The Labute approximate surface area is 122 Å². The highest BCUT2D eigenvalue weighted by atomic mass is 32.2. The molecule has 1 N–H and O–H groups in total. The molecule has 0 radical (unpaired) electrons. The third-order valence-corrected chi connectivity index (χ3v) is 5.23.